The summed E-state index contributed by atoms with van der Waals surface area (Å²) in [6, 6.07) is 0.284. The van der Waals surface area contributed by atoms with Crippen LogP contribution in [0.25, 0.3) is 0 Å². The molecule has 1 amide bonds. The largest absolute Gasteiger partial charge is 0.356 e. The third-order valence-electron chi connectivity index (χ3n) is 5.66. The van der Waals surface area contributed by atoms with E-state index in [9.17, 15) is 4.79 Å². The minimum absolute atomic E-state index is 0.186. The SMILES string of the molecule is CC/C=C\C/C=C\C/C=C\CCCC[C@H]1CC(=O)NCCCNCCCCNCCCN1. The Balaban J connectivity index is 2.24. The number of hydrogen-bond donors (Lipinski definition) is 4. The van der Waals surface area contributed by atoms with Crippen molar-refractivity contribution in [3.05, 3.63) is 36.5 Å². The van der Waals surface area contributed by atoms with Gasteiger partial charge in [-0.15, -0.1) is 0 Å². The van der Waals surface area contributed by atoms with Crippen molar-refractivity contribution in [1.29, 1.82) is 0 Å². The molecule has 0 unspecified atom stereocenters. The first-order valence-corrected chi connectivity index (χ1v) is 13.2. The standard InChI is InChI=1S/C27H50N4O/c1-2-3-4-5-6-7-8-9-10-11-12-13-18-26-25-27(32)31-24-17-22-29-20-15-14-19-28-21-16-23-30-26/h3-4,6-7,9-10,26,28-30H,2,5,8,11-25H2,1H3,(H,31,32)/b4-3-,7-6-,10-9-/t26-/m0/s1. The van der Waals surface area contributed by atoms with Crippen LogP contribution in [-0.4, -0.2) is 51.2 Å². The Hall–Kier alpha value is -1.43. The molecule has 0 spiro atoms. The van der Waals surface area contributed by atoms with Crippen LogP contribution in [0.15, 0.2) is 36.5 Å². The molecule has 1 fully saturated rings. The summed E-state index contributed by atoms with van der Waals surface area (Å²) in [4.78, 5) is 12.4. The Morgan fingerprint density at radius 2 is 1.38 bits per heavy atom. The van der Waals surface area contributed by atoms with Gasteiger partial charge in [-0.1, -0.05) is 49.8 Å². The van der Waals surface area contributed by atoms with Crippen LogP contribution in [0.5, 0.6) is 0 Å². The molecule has 0 saturated carbocycles. The van der Waals surface area contributed by atoms with Gasteiger partial charge in [0.25, 0.3) is 0 Å². The zero-order chi connectivity index (χ0) is 23.0. The van der Waals surface area contributed by atoms with E-state index < -0.39 is 0 Å². The lowest BCUT2D eigenvalue weighted by Gasteiger charge is -2.18. The Kier molecular flexibility index (Phi) is 20.3. The van der Waals surface area contributed by atoms with Crippen LogP contribution < -0.4 is 21.3 Å². The van der Waals surface area contributed by atoms with Crippen LogP contribution >= 0.6 is 0 Å². The second-order valence-electron chi connectivity index (χ2n) is 8.70. The summed E-state index contributed by atoms with van der Waals surface area (Å²) in [5.74, 6) is 0.186. The molecule has 184 valence electrons. The predicted molar refractivity (Wildman–Crippen MR) is 139 cm³/mol. The van der Waals surface area contributed by atoms with Gasteiger partial charge in [0.05, 0.1) is 0 Å². The molecule has 5 heteroatoms. The molecule has 0 aromatic heterocycles. The minimum atomic E-state index is 0.186. The summed E-state index contributed by atoms with van der Waals surface area (Å²) < 4.78 is 0. The van der Waals surface area contributed by atoms with Crippen molar-refractivity contribution in [2.45, 2.75) is 90.0 Å². The Morgan fingerprint density at radius 1 is 0.750 bits per heavy atom. The predicted octanol–water partition coefficient (Wildman–Crippen LogP) is 4.62. The smallest absolute Gasteiger partial charge is 0.221 e. The highest BCUT2D eigenvalue weighted by Gasteiger charge is 2.13. The van der Waals surface area contributed by atoms with Crippen molar-refractivity contribution in [1.82, 2.24) is 21.3 Å². The molecule has 0 radical (unpaired) electrons. The molecular weight excluding hydrogens is 396 g/mol. The third kappa shape index (κ3) is 19.3. The second kappa shape index (κ2) is 22.8. The number of allylic oxidation sites excluding steroid dienone is 6. The quantitative estimate of drug-likeness (QED) is 0.292. The van der Waals surface area contributed by atoms with Gasteiger partial charge in [-0.3, -0.25) is 4.79 Å². The first-order valence-electron chi connectivity index (χ1n) is 13.2. The van der Waals surface area contributed by atoms with Crippen molar-refractivity contribution in [3.63, 3.8) is 0 Å². The Bertz CT molecular complexity index is 516. The molecule has 4 N–H and O–H groups in total. The number of carbonyl (C=O) groups excluding carboxylic acids is 1. The Labute approximate surface area is 198 Å². The molecule has 0 aliphatic carbocycles. The monoisotopic (exact) mass is 446 g/mol. The lowest BCUT2D eigenvalue weighted by Crippen LogP contribution is -2.37. The average molecular weight is 447 g/mol. The molecule has 1 aliphatic rings. The molecule has 1 aliphatic heterocycles. The molecule has 0 aromatic rings. The van der Waals surface area contributed by atoms with Gasteiger partial charge in [-0.2, -0.15) is 0 Å². The van der Waals surface area contributed by atoms with Gasteiger partial charge in [0.15, 0.2) is 0 Å². The Morgan fingerprint density at radius 3 is 2.09 bits per heavy atom. The van der Waals surface area contributed by atoms with Crippen LogP contribution in [0.1, 0.15) is 84.0 Å². The minimum Gasteiger partial charge on any atom is -0.356 e. The van der Waals surface area contributed by atoms with Crippen LogP contribution in [0.3, 0.4) is 0 Å². The summed E-state index contributed by atoms with van der Waals surface area (Å²) >= 11 is 0. The molecule has 1 rings (SSSR count). The highest BCUT2D eigenvalue weighted by molar-refractivity contribution is 5.76. The van der Waals surface area contributed by atoms with Crippen molar-refractivity contribution in [2.24, 2.45) is 0 Å². The van der Waals surface area contributed by atoms with E-state index in [2.05, 4.69) is 64.6 Å². The molecule has 1 heterocycles. The fourth-order valence-electron chi connectivity index (χ4n) is 3.76. The summed E-state index contributed by atoms with van der Waals surface area (Å²) in [6.45, 7) is 8.12. The van der Waals surface area contributed by atoms with Gasteiger partial charge < -0.3 is 21.3 Å². The molecule has 0 aromatic carbocycles. The molecule has 1 saturated heterocycles. The van der Waals surface area contributed by atoms with Gasteiger partial charge in [-0.05, 0) is 96.9 Å². The van der Waals surface area contributed by atoms with Crippen molar-refractivity contribution < 1.29 is 4.79 Å². The van der Waals surface area contributed by atoms with Crippen molar-refractivity contribution >= 4 is 5.91 Å². The fraction of sp³-hybridized carbons (Fsp3) is 0.741. The van der Waals surface area contributed by atoms with Gasteiger partial charge >= 0.3 is 0 Å². The average Bonchev–Trinajstić information content (AvgIpc) is 2.79. The van der Waals surface area contributed by atoms with Crippen LogP contribution in [0, 0.1) is 0 Å². The van der Waals surface area contributed by atoms with E-state index in [1.54, 1.807) is 0 Å². The molecule has 1 atom stereocenters. The summed E-state index contributed by atoms with van der Waals surface area (Å²) in [5.41, 5.74) is 0. The van der Waals surface area contributed by atoms with Crippen LogP contribution in [0.2, 0.25) is 0 Å². The van der Waals surface area contributed by atoms with Gasteiger partial charge in [0, 0.05) is 19.0 Å². The van der Waals surface area contributed by atoms with E-state index in [0.29, 0.717) is 6.42 Å². The number of hydrogen-bond acceptors (Lipinski definition) is 4. The van der Waals surface area contributed by atoms with E-state index in [0.717, 1.165) is 90.6 Å². The highest BCUT2D eigenvalue weighted by Crippen LogP contribution is 2.08. The van der Waals surface area contributed by atoms with E-state index >= 15 is 0 Å². The lowest BCUT2D eigenvalue weighted by molar-refractivity contribution is -0.121. The normalized spacial score (nSPS) is 21.3. The summed E-state index contributed by atoms with van der Waals surface area (Å²) in [6.07, 6.45) is 26.3. The van der Waals surface area contributed by atoms with Crippen LogP contribution in [-0.2, 0) is 4.79 Å². The molecule has 32 heavy (non-hydrogen) atoms. The zero-order valence-corrected chi connectivity index (χ0v) is 20.7. The maximum absolute atomic E-state index is 12.4. The number of amides is 1. The van der Waals surface area contributed by atoms with Crippen molar-refractivity contribution in [3.8, 4) is 0 Å². The lowest BCUT2D eigenvalue weighted by atomic mass is 10.0. The fourth-order valence-corrected chi connectivity index (χ4v) is 3.76. The summed E-state index contributed by atoms with van der Waals surface area (Å²) in [7, 11) is 0. The number of nitrogens with one attached hydrogen (secondary N) is 4. The van der Waals surface area contributed by atoms with E-state index in [1.807, 2.05) is 0 Å². The van der Waals surface area contributed by atoms with E-state index in [-0.39, 0.29) is 11.9 Å². The summed E-state index contributed by atoms with van der Waals surface area (Å²) in [5, 5.41) is 13.7. The number of rotatable bonds is 10. The van der Waals surface area contributed by atoms with Crippen molar-refractivity contribution in [2.75, 3.05) is 39.3 Å². The van der Waals surface area contributed by atoms with Crippen LogP contribution in [0.4, 0.5) is 0 Å². The van der Waals surface area contributed by atoms with E-state index in [4.69, 9.17) is 0 Å². The third-order valence-corrected chi connectivity index (χ3v) is 5.66. The first kappa shape index (κ1) is 28.6. The zero-order valence-electron chi connectivity index (χ0n) is 20.7. The van der Waals surface area contributed by atoms with Gasteiger partial charge in [-0.25, -0.2) is 0 Å². The van der Waals surface area contributed by atoms with Gasteiger partial charge in [0.1, 0.15) is 0 Å². The van der Waals surface area contributed by atoms with Gasteiger partial charge in [0.2, 0.25) is 5.91 Å². The molecule has 0 bridgehead atoms. The first-order chi connectivity index (χ1) is 15.8. The molecular formula is C27H50N4O. The number of unbranched alkanes of at least 4 members (excludes halogenated alkanes) is 2. The second-order valence-corrected chi connectivity index (χ2v) is 8.70. The maximum Gasteiger partial charge on any atom is 0.221 e. The highest BCUT2D eigenvalue weighted by atomic mass is 16.1. The molecule has 5 nitrogen and oxygen atoms in total. The number of carbonyl (C=O) groups is 1. The van der Waals surface area contributed by atoms with E-state index in [1.165, 1.54) is 19.3 Å². The topological polar surface area (TPSA) is 65.2 Å². The maximum atomic E-state index is 12.4.